The molecule has 3 aromatic rings. The predicted molar refractivity (Wildman–Crippen MR) is 118 cm³/mol. The third kappa shape index (κ3) is 5.40. The molecule has 1 N–H and O–H groups in total. The number of carbonyl (C=O) groups is 2. The van der Waals surface area contributed by atoms with Crippen LogP contribution in [-0.4, -0.2) is 45.8 Å². The van der Waals surface area contributed by atoms with Crippen LogP contribution in [0.1, 0.15) is 24.2 Å². The van der Waals surface area contributed by atoms with Crippen LogP contribution in [0.3, 0.4) is 0 Å². The summed E-state index contributed by atoms with van der Waals surface area (Å²) in [5.74, 6) is 0.0674. The highest BCUT2D eigenvalue weighted by molar-refractivity contribution is 7.99. The van der Waals surface area contributed by atoms with Crippen molar-refractivity contribution in [3.05, 3.63) is 59.1 Å². The molecule has 0 unspecified atom stereocenters. The zero-order valence-corrected chi connectivity index (χ0v) is 18.2. The third-order valence-corrected chi connectivity index (χ3v) is 5.43. The van der Waals surface area contributed by atoms with Gasteiger partial charge in [0.2, 0.25) is 11.8 Å². The van der Waals surface area contributed by atoms with Gasteiger partial charge >= 0.3 is 0 Å². The van der Waals surface area contributed by atoms with E-state index in [9.17, 15) is 9.59 Å². The summed E-state index contributed by atoms with van der Waals surface area (Å²) in [4.78, 5) is 26.5. The number of benzene rings is 2. The summed E-state index contributed by atoms with van der Waals surface area (Å²) in [6.45, 7) is 5.11. The van der Waals surface area contributed by atoms with Crippen molar-refractivity contribution >= 4 is 40.9 Å². The van der Waals surface area contributed by atoms with Gasteiger partial charge in [-0.15, -0.1) is 10.2 Å². The van der Waals surface area contributed by atoms with E-state index in [1.165, 1.54) is 0 Å². The molecule has 0 aliphatic carbocycles. The van der Waals surface area contributed by atoms with Gasteiger partial charge in [0.25, 0.3) is 11.1 Å². The number of hydrogen-bond acceptors (Lipinski definition) is 6. The number of aromatic nitrogens is 2. The number of thioether (sulfide) groups is 1. The van der Waals surface area contributed by atoms with Crippen molar-refractivity contribution < 1.29 is 14.0 Å². The maximum absolute atomic E-state index is 12.5. The second-order valence-electron chi connectivity index (χ2n) is 6.25. The number of carbonyl (C=O) groups excluding carboxylic acids is 2. The Kier molecular flexibility index (Phi) is 7.48. The van der Waals surface area contributed by atoms with E-state index >= 15 is 0 Å². The average molecular weight is 445 g/mol. The third-order valence-electron chi connectivity index (χ3n) is 4.28. The van der Waals surface area contributed by atoms with Crippen molar-refractivity contribution in [1.29, 1.82) is 0 Å². The van der Waals surface area contributed by atoms with Crippen molar-refractivity contribution in [1.82, 2.24) is 15.1 Å². The van der Waals surface area contributed by atoms with Gasteiger partial charge in [-0.05, 0) is 44.2 Å². The summed E-state index contributed by atoms with van der Waals surface area (Å²) in [7, 11) is 0. The fourth-order valence-electron chi connectivity index (χ4n) is 2.76. The van der Waals surface area contributed by atoms with E-state index < -0.39 is 0 Å². The Labute approximate surface area is 183 Å². The number of nitrogens with one attached hydrogen (secondary N) is 1. The first-order valence-corrected chi connectivity index (χ1v) is 10.8. The fraction of sp³-hybridized carbons (Fsp3) is 0.238. The zero-order chi connectivity index (χ0) is 21.5. The summed E-state index contributed by atoms with van der Waals surface area (Å²) in [6, 6.07) is 14.0. The van der Waals surface area contributed by atoms with Crippen LogP contribution < -0.4 is 5.32 Å². The molecule has 1 aromatic heterocycles. The van der Waals surface area contributed by atoms with Gasteiger partial charge in [0.05, 0.1) is 16.3 Å². The van der Waals surface area contributed by atoms with Crippen molar-refractivity contribution in [3.63, 3.8) is 0 Å². The average Bonchev–Trinajstić information content (AvgIpc) is 3.22. The first kappa shape index (κ1) is 21.9. The van der Waals surface area contributed by atoms with Gasteiger partial charge in [0.15, 0.2) is 0 Å². The van der Waals surface area contributed by atoms with Crippen LogP contribution >= 0.6 is 23.4 Å². The molecule has 0 saturated carbocycles. The largest absolute Gasteiger partial charge is 0.411 e. The Bertz CT molecular complexity index is 1040. The van der Waals surface area contributed by atoms with E-state index in [-0.39, 0.29) is 22.8 Å². The predicted octanol–water partition coefficient (Wildman–Crippen LogP) is 4.60. The molecule has 0 fully saturated rings. The molecule has 0 spiro atoms. The monoisotopic (exact) mass is 444 g/mol. The molecule has 1 heterocycles. The maximum Gasteiger partial charge on any atom is 0.277 e. The normalized spacial score (nSPS) is 10.6. The van der Waals surface area contributed by atoms with Crippen molar-refractivity contribution in [2.24, 2.45) is 0 Å². The van der Waals surface area contributed by atoms with Crippen molar-refractivity contribution in [2.45, 2.75) is 19.1 Å². The van der Waals surface area contributed by atoms with Crippen LogP contribution in [0, 0.1) is 0 Å². The van der Waals surface area contributed by atoms with Crippen LogP contribution in [0.4, 0.5) is 5.69 Å². The first-order valence-electron chi connectivity index (χ1n) is 9.42. The van der Waals surface area contributed by atoms with E-state index in [0.29, 0.717) is 40.8 Å². The Hall–Kier alpha value is -2.84. The zero-order valence-electron chi connectivity index (χ0n) is 16.6. The lowest BCUT2D eigenvalue weighted by Gasteiger charge is -2.19. The summed E-state index contributed by atoms with van der Waals surface area (Å²) in [5.41, 5.74) is 1.73. The Morgan fingerprint density at radius 2 is 1.87 bits per heavy atom. The van der Waals surface area contributed by atoms with E-state index in [1.54, 1.807) is 41.3 Å². The van der Waals surface area contributed by atoms with E-state index in [4.69, 9.17) is 16.0 Å². The maximum atomic E-state index is 12.5. The highest BCUT2D eigenvalue weighted by atomic mass is 35.5. The summed E-state index contributed by atoms with van der Waals surface area (Å²) < 4.78 is 5.58. The molecule has 7 nitrogen and oxygen atoms in total. The second-order valence-corrected chi connectivity index (χ2v) is 7.58. The summed E-state index contributed by atoms with van der Waals surface area (Å²) in [5, 5.41) is 11.5. The van der Waals surface area contributed by atoms with Gasteiger partial charge in [-0.3, -0.25) is 9.59 Å². The number of halogens is 1. The smallest absolute Gasteiger partial charge is 0.277 e. The minimum absolute atomic E-state index is 0.0663. The minimum atomic E-state index is -0.245. The van der Waals surface area contributed by atoms with Gasteiger partial charge in [-0.2, -0.15) is 0 Å². The molecule has 30 heavy (non-hydrogen) atoms. The highest BCUT2D eigenvalue weighted by Gasteiger charge is 2.15. The van der Waals surface area contributed by atoms with Gasteiger partial charge in [0.1, 0.15) is 0 Å². The van der Waals surface area contributed by atoms with Gasteiger partial charge in [-0.1, -0.05) is 41.6 Å². The lowest BCUT2D eigenvalue weighted by atomic mass is 10.1. The Morgan fingerprint density at radius 1 is 1.10 bits per heavy atom. The molecule has 9 heteroatoms. The summed E-state index contributed by atoms with van der Waals surface area (Å²) in [6.07, 6.45) is 0. The van der Waals surface area contributed by atoms with Gasteiger partial charge in [-0.25, -0.2) is 0 Å². The minimum Gasteiger partial charge on any atom is -0.411 e. The molecule has 0 aliphatic rings. The molecular formula is C21H21ClN4O3S. The van der Waals surface area contributed by atoms with Crippen LogP contribution in [0.25, 0.3) is 11.5 Å². The highest BCUT2D eigenvalue weighted by Crippen LogP contribution is 2.28. The lowest BCUT2D eigenvalue weighted by molar-refractivity contribution is -0.113. The van der Waals surface area contributed by atoms with Crippen LogP contribution in [-0.2, 0) is 4.79 Å². The second kappa shape index (κ2) is 10.3. The molecule has 3 rings (SSSR count). The molecule has 156 valence electrons. The molecule has 0 atom stereocenters. The fourth-order valence-corrected chi connectivity index (χ4v) is 3.54. The van der Waals surface area contributed by atoms with E-state index in [2.05, 4.69) is 15.5 Å². The number of hydrogen-bond donors (Lipinski definition) is 1. The summed E-state index contributed by atoms with van der Waals surface area (Å²) >= 11 is 7.25. The Balaban J connectivity index is 1.59. The molecular weight excluding hydrogens is 424 g/mol. The van der Waals surface area contributed by atoms with Crippen LogP contribution in [0.15, 0.2) is 58.2 Å². The number of amides is 2. The standard InChI is InChI=1S/C21H21ClN4O3S/c1-3-26(4-2)20(28)14-8-7-9-15(12-14)23-18(27)13-30-21-25-24-19(29-21)16-10-5-6-11-17(16)22/h5-12H,3-4,13H2,1-2H3,(H,23,27). The van der Waals surface area contributed by atoms with Crippen molar-refractivity contribution in [2.75, 3.05) is 24.2 Å². The quantitative estimate of drug-likeness (QED) is 0.510. The SMILES string of the molecule is CCN(CC)C(=O)c1cccc(NC(=O)CSc2nnc(-c3ccccc3Cl)o2)c1. The topological polar surface area (TPSA) is 88.3 Å². The first-order chi connectivity index (χ1) is 14.5. The van der Waals surface area contributed by atoms with Crippen LogP contribution in [0.5, 0.6) is 0 Å². The van der Waals surface area contributed by atoms with E-state index in [0.717, 1.165) is 11.8 Å². The van der Waals surface area contributed by atoms with Crippen LogP contribution in [0.2, 0.25) is 5.02 Å². The molecule has 0 radical (unpaired) electrons. The Morgan fingerprint density at radius 3 is 2.60 bits per heavy atom. The van der Waals surface area contributed by atoms with Gasteiger partial charge in [0, 0.05) is 24.3 Å². The van der Waals surface area contributed by atoms with Crippen molar-refractivity contribution in [3.8, 4) is 11.5 Å². The molecule has 0 aliphatic heterocycles. The molecule has 2 aromatic carbocycles. The van der Waals surface area contributed by atoms with Gasteiger partial charge < -0.3 is 14.6 Å². The van der Waals surface area contributed by atoms with E-state index in [1.807, 2.05) is 26.0 Å². The number of anilines is 1. The molecule has 0 saturated heterocycles. The molecule has 2 amide bonds. The lowest BCUT2D eigenvalue weighted by Crippen LogP contribution is -2.30. The number of nitrogens with zero attached hydrogens (tertiary/aromatic N) is 3. The molecule has 0 bridgehead atoms. The number of rotatable bonds is 8.